The second-order valence-electron chi connectivity index (χ2n) is 24.2. The number of benzene rings is 14. The van der Waals surface area contributed by atoms with E-state index < -0.39 is 10.8 Å². The summed E-state index contributed by atoms with van der Waals surface area (Å²) in [5.74, 6) is 0. The largest absolute Gasteiger partial charge is 0.310 e. The summed E-state index contributed by atoms with van der Waals surface area (Å²) in [6.45, 7) is 0. The molecule has 0 fully saturated rings. The molecule has 2 aromatic heterocycles. The van der Waals surface area contributed by atoms with Crippen molar-refractivity contribution < 1.29 is 0 Å². The van der Waals surface area contributed by atoms with Gasteiger partial charge >= 0.3 is 0 Å². The molecule has 0 N–H and O–H groups in total. The van der Waals surface area contributed by atoms with E-state index >= 15 is 0 Å². The number of hydrogen-bond donors (Lipinski definition) is 0. The van der Waals surface area contributed by atoms with Gasteiger partial charge < -0.3 is 14.0 Å². The Hall–Kier alpha value is -11.3. The monoisotopic (exact) mass is 1100 g/mol. The summed E-state index contributed by atoms with van der Waals surface area (Å²) < 4.78 is 4.93. The zero-order valence-electron chi connectivity index (χ0n) is 47.3. The highest BCUT2D eigenvalue weighted by atomic mass is 15.1. The highest BCUT2D eigenvalue weighted by Gasteiger charge is 2.53. The minimum Gasteiger partial charge on any atom is -0.310 e. The van der Waals surface area contributed by atoms with E-state index in [9.17, 15) is 0 Å². The molecule has 1 atom stereocenters. The Labute approximate surface area is 503 Å². The van der Waals surface area contributed by atoms with E-state index in [1.165, 1.54) is 144 Å². The fourth-order valence-electron chi connectivity index (χ4n) is 17.0. The lowest BCUT2D eigenvalue weighted by atomic mass is 9.65. The molecule has 20 rings (SSSR count). The molecule has 0 bridgehead atoms. The second kappa shape index (κ2) is 17.2. The topological polar surface area (TPSA) is 13.1 Å². The van der Waals surface area contributed by atoms with Crippen molar-refractivity contribution in [2.45, 2.75) is 10.8 Å². The van der Waals surface area contributed by atoms with Crippen LogP contribution in [0.25, 0.3) is 110 Å². The van der Waals surface area contributed by atoms with E-state index in [4.69, 9.17) is 0 Å². The lowest BCUT2D eigenvalue weighted by molar-refractivity contribution is 0.748. The van der Waals surface area contributed by atoms with Crippen molar-refractivity contribution >= 4 is 71.4 Å². The highest BCUT2D eigenvalue weighted by Crippen LogP contribution is 2.66. The third-order valence-electron chi connectivity index (χ3n) is 20.3. The van der Waals surface area contributed by atoms with Crippen molar-refractivity contribution in [1.82, 2.24) is 9.13 Å². The summed E-state index contributed by atoms with van der Waals surface area (Å²) >= 11 is 0. The summed E-state index contributed by atoms with van der Waals surface area (Å²) in [6, 6.07) is 117. The van der Waals surface area contributed by atoms with Crippen molar-refractivity contribution in [2.24, 2.45) is 0 Å². The van der Waals surface area contributed by atoms with Gasteiger partial charge in [-0.3, -0.25) is 0 Å². The number of para-hydroxylation sites is 5. The number of rotatable bonds is 5. The molecule has 3 heterocycles. The first kappa shape index (κ1) is 47.1. The number of anilines is 3. The van der Waals surface area contributed by atoms with Crippen LogP contribution in [-0.2, 0) is 10.8 Å². The third-order valence-corrected chi connectivity index (χ3v) is 20.3. The lowest BCUT2D eigenvalue weighted by Crippen LogP contribution is -2.33. The normalized spacial score (nSPS) is 15.0. The van der Waals surface area contributed by atoms with Gasteiger partial charge in [-0.05, 0) is 173 Å². The Morgan fingerprint density at radius 3 is 1.32 bits per heavy atom. The number of hydrogen-bond acceptors (Lipinski definition) is 1. The van der Waals surface area contributed by atoms with Crippen molar-refractivity contribution in [1.29, 1.82) is 0 Å². The summed E-state index contributed by atoms with van der Waals surface area (Å²) in [5.41, 5.74) is 30.0. The maximum absolute atomic E-state index is 2.55. The summed E-state index contributed by atoms with van der Waals surface area (Å²) in [6.07, 6.45) is 0. The smallest absolute Gasteiger partial charge is 0.0755 e. The fraction of sp³-hybridized carbons (Fsp3) is 0.0238. The van der Waals surface area contributed by atoms with Gasteiger partial charge in [0.05, 0.1) is 38.6 Å². The molecule has 87 heavy (non-hydrogen) atoms. The zero-order valence-corrected chi connectivity index (χ0v) is 47.3. The Kier molecular flexibility index (Phi) is 9.32. The maximum Gasteiger partial charge on any atom is 0.0755 e. The number of fused-ring (bicyclic) bond motifs is 27. The molecule has 0 saturated heterocycles. The Balaban J connectivity index is 0.820. The van der Waals surface area contributed by atoms with Crippen molar-refractivity contribution in [3.05, 3.63) is 354 Å². The molecule has 1 aliphatic heterocycles. The van der Waals surface area contributed by atoms with Gasteiger partial charge in [0.15, 0.2) is 0 Å². The quantitative estimate of drug-likeness (QED) is 0.167. The molecule has 16 aromatic rings. The third kappa shape index (κ3) is 5.95. The molecule has 2 spiro atoms. The van der Waals surface area contributed by atoms with Gasteiger partial charge in [-0.15, -0.1) is 0 Å². The van der Waals surface area contributed by atoms with Gasteiger partial charge in [0.1, 0.15) is 0 Å². The standard InChI is InChI=1S/C84H51N3/c1-2-19-59-54(18-1)40-49-73-81(59)68-48-46-58(51-76(68)83(73)69-27-9-3-20-60(69)61-21-4-10-28-70(61)83)85(55-41-36-52(37-42-55)53-38-43-56(44-39-53)86-77-32-13-6-23-64(77)65-24-7-14-33-78(65)86)57-45-47-63-62-22-5-11-29-71(62)84(75(63)50-57)72-30-12-16-35-80(72)87-79-34-15-8-25-66(79)67-26-17-31-74(84)82(67)87/h1-51H. The summed E-state index contributed by atoms with van der Waals surface area (Å²) in [5, 5.41) is 7.60. The fourth-order valence-corrected chi connectivity index (χ4v) is 17.0. The first-order valence-electron chi connectivity index (χ1n) is 30.4. The molecule has 402 valence electrons. The zero-order chi connectivity index (χ0) is 56.7. The van der Waals surface area contributed by atoms with Crippen molar-refractivity contribution in [2.75, 3.05) is 4.90 Å². The molecule has 4 aliphatic rings. The van der Waals surface area contributed by atoms with E-state index in [0.29, 0.717) is 0 Å². The molecule has 14 aromatic carbocycles. The molecule has 3 nitrogen and oxygen atoms in total. The molecule has 0 radical (unpaired) electrons. The van der Waals surface area contributed by atoms with Crippen LogP contribution in [0.4, 0.5) is 17.1 Å². The summed E-state index contributed by atoms with van der Waals surface area (Å²) in [7, 11) is 0. The molecular formula is C84H51N3. The van der Waals surface area contributed by atoms with Gasteiger partial charge in [-0.1, -0.05) is 237 Å². The minimum atomic E-state index is -0.620. The van der Waals surface area contributed by atoms with Gasteiger partial charge in [-0.25, -0.2) is 0 Å². The van der Waals surface area contributed by atoms with Gasteiger partial charge in [0.25, 0.3) is 0 Å². The van der Waals surface area contributed by atoms with E-state index in [-0.39, 0.29) is 0 Å². The van der Waals surface area contributed by atoms with Crippen LogP contribution < -0.4 is 4.90 Å². The number of nitrogens with zero attached hydrogens (tertiary/aromatic N) is 3. The van der Waals surface area contributed by atoms with E-state index in [0.717, 1.165) is 28.3 Å². The van der Waals surface area contributed by atoms with Crippen LogP contribution >= 0.6 is 0 Å². The molecule has 0 saturated carbocycles. The van der Waals surface area contributed by atoms with Crippen LogP contribution in [0.5, 0.6) is 0 Å². The first-order valence-corrected chi connectivity index (χ1v) is 30.4. The Morgan fingerprint density at radius 1 is 0.253 bits per heavy atom. The van der Waals surface area contributed by atoms with Crippen molar-refractivity contribution in [3.63, 3.8) is 0 Å². The first-order chi connectivity index (χ1) is 43.2. The highest BCUT2D eigenvalue weighted by molar-refractivity contribution is 6.14. The van der Waals surface area contributed by atoms with Crippen LogP contribution in [0.3, 0.4) is 0 Å². The maximum atomic E-state index is 2.55. The molecular weight excluding hydrogens is 1050 g/mol. The van der Waals surface area contributed by atoms with Crippen LogP contribution in [0.15, 0.2) is 309 Å². The Morgan fingerprint density at radius 2 is 0.690 bits per heavy atom. The average Bonchev–Trinajstić information content (AvgIpc) is 1.59. The van der Waals surface area contributed by atoms with Gasteiger partial charge in [-0.2, -0.15) is 0 Å². The van der Waals surface area contributed by atoms with E-state index in [1.54, 1.807) is 0 Å². The number of aromatic nitrogens is 2. The summed E-state index contributed by atoms with van der Waals surface area (Å²) in [4.78, 5) is 2.54. The molecule has 1 unspecified atom stereocenters. The van der Waals surface area contributed by atoms with Crippen LogP contribution in [0.1, 0.15) is 44.5 Å². The van der Waals surface area contributed by atoms with Crippen LogP contribution in [0, 0.1) is 0 Å². The molecule has 0 amide bonds. The van der Waals surface area contributed by atoms with Crippen molar-refractivity contribution in [3.8, 4) is 55.9 Å². The predicted molar refractivity (Wildman–Crippen MR) is 360 cm³/mol. The van der Waals surface area contributed by atoms with Gasteiger partial charge in [0.2, 0.25) is 0 Å². The average molecular weight is 1100 g/mol. The Bertz CT molecular complexity index is 5560. The van der Waals surface area contributed by atoms with Gasteiger partial charge in [0, 0.05) is 44.3 Å². The van der Waals surface area contributed by atoms with E-state index in [1.807, 2.05) is 0 Å². The molecule has 3 aliphatic carbocycles. The van der Waals surface area contributed by atoms with Crippen LogP contribution in [0.2, 0.25) is 0 Å². The SMILES string of the molecule is c1ccc2c(c1)-c1ccccc1C21c2cc(N(c3ccc(-c4ccc(-n5c6ccccc6c6ccccc65)cc4)cc3)c3ccc4c(c3)C3(c5ccccc5-4)c4ccccc4-n4c5ccccc5c5cccc3c54)ccc2-c2c1ccc1ccccc21. The van der Waals surface area contributed by atoms with Crippen LogP contribution in [-0.4, -0.2) is 9.13 Å². The molecule has 3 heteroatoms. The predicted octanol–water partition coefficient (Wildman–Crippen LogP) is 21.2. The van der Waals surface area contributed by atoms with E-state index in [2.05, 4.69) is 323 Å². The minimum absolute atomic E-state index is 0.550. The second-order valence-corrected chi connectivity index (χ2v) is 24.2. The lowest BCUT2D eigenvalue weighted by Gasteiger charge is -2.40.